The number of hydrogen-bond donors (Lipinski definition) is 2. The highest BCUT2D eigenvalue weighted by Gasteiger charge is 2.43. The minimum Gasteiger partial charge on any atom is -0.495 e. The molecule has 0 spiro atoms. The van der Waals surface area contributed by atoms with E-state index in [-0.39, 0.29) is 10.8 Å². The SMILES string of the molecule is CCC1(CC)C(=O)Nc2cc(C#Cc3nccc4cnc(Nc5ccc(S(=O)(=O)C(C)C)cc5OC)cc34)ccc21. The molecule has 4 aromatic rings. The maximum atomic E-state index is 12.7. The van der Waals surface area contributed by atoms with Gasteiger partial charge in [0.2, 0.25) is 5.91 Å². The quantitative estimate of drug-likeness (QED) is 0.264. The van der Waals surface area contributed by atoms with Crippen LogP contribution in [-0.2, 0) is 20.0 Å². The summed E-state index contributed by atoms with van der Waals surface area (Å²) < 4.78 is 30.7. The summed E-state index contributed by atoms with van der Waals surface area (Å²) in [5.41, 5.74) is 3.29. The molecular formula is C32H32N4O4S. The van der Waals surface area contributed by atoms with E-state index in [1.807, 2.05) is 44.2 Å². The first-order valence-electron chi connectivity index (χ1n) is 13.5. The second-order valence-corrected chi connectivity index (χ2v) is 12.8. The van der Waals surface area contributed by atoms with Gasteiger partial charge in [-0.2, -0.15) is 0 Å². The monoisotopic (exact) mass is 568 g/mol. The van der Waals surface area contributed by atoms with Gasteiger partial charge in [-0.25, -0.2) is 18.4 Å². The van der Waals surface area contributed by atoms with E-state index in [1.165, 1.54) is 13.2 Å². The number of amides is 1. The Hall–Kier alpha value is -4.42. The van der Waals surface area contributed by atoms with Crippen LogP contribution in [0.25, 0.3) is 10.8 Å². The molecule has 2 aromatic heterocycles. The van der Waals surface area contributed by atoms with Crippen molar-refractivity contribution < 1.29 is 17.9 Å². The van der Waals surface area contributed by atoms with Crippen molar-refractivity contribution in [2.75, 3.05) is 17.7 Å². The molecule has 0 atom stereocenters. The Balaban J connectivity index is 1.46. The van der Waals surface area contributed by atoms with Crippen LogP contribution in [0.1, 0.15) is 57.4 Å². The van der Waals surface area contributed by atoms with E-state index in [4.69, 9.17) is 4.74 Å². The van der Waals surface area contributed by atoms with Crippen LogP contribution in [0, 0.1) is 11.8 Å². The van der Waals surface area contributed by atoms with Gasteiger partial charge in [-0.1, -0.05) is 25.8 Å². The van der Waals surface area contributed by atoms with Gasteiger partial charge in [-0.15, -0.1) is 0 Å². The van der Waals surface area contributed by atoms with E-state index in [2.05, 4.69) is 32.4 Å². The molecule has 3 heterocycles. The molecule has 0 bridgehead atoms. The molecule has 0 radical (unpaired) electrons. The first-order chi connectivity index (χ1) is 19.6. The number of ether oxygens (including phenoxy) is 1. The standard InChI is InChI=1S/C32H32N4O4S/c1-6-32(7-2)25-11-8-21(16-28(25)36-31(32)37)9-12-26-24-18-30(34-19-22(24)14-15-33-26)35-27-13-10-23(17-29(27)40-5)41(38,39)20(3)4/h8,10-11,13-20H,6-7H2,1-5H3,(H,34,35)(H,36,37). The summed E-state index contributed by atoms with van der Waals surface area (Å²) >= 11 is 0. The number of methoxy groups -OCH3 is 1. The van der Waals surface area contributed by atoms with Crippen molar-refractivity contribution in [2.24, 2.45) is 0 Å². The van der Waals surface area contributed by atoms with Gasteiger partial charge in [0.1, 0.15) is 17.3 Å². The minimum atomic E-state index is -3.45. The van der Waals surface area contributed by atoms with Crippen molar-refractivity contribution in [1.29, 1.82) is 0 Å². The summed E-state index contributed by atoms with van der Waals surface area (Å²) in [4.78, 5) is 22.0. The number of aromatic nitrogens is 2. The highest BCUT2D eigenvalue weighted by Crippen LogP contribution is 2.43. The smallest absolute Gasteiger partial charge is 0.235 e. The van der Waals surface area contributed by atoms with Gasteiger partial charge in [0.15, 0.2) is 9.84 Å². The van der Waals surface area contributed by atoms with Crippen molar-refractivity contribution >= 4 is 43.7 Å². The van der Waals surface area contributed by atoms with E-state index in [0.717, 1.165) is 40.4 Å². The van der Waals surface area contributed by atoms with Crippen LogP contribution in [0.15, 0.2) is 65.8 Å². The third kappa shape index (κ3) is 5.00. The van der Waals surface area contributed by atoms with Crippen molar-refractivity contribution in [3.05, 3.63) is 77.7 Å². The number of benzene rings is 2. The Morgan fingerprint density at radius 2 is 1.80 bits per heavy atom. The molecule has 0 saturated heterocycles. The Morgan fingerprint density at radius 3 is 2.51 bits per heavy atom. The van der Waals surface area contributed by atoms with Gasteiger partial charge in [0, 0.05) is 40.5 Å². The van der Waals surface area contributed by atoms with E-state index in [0.29, 0.717) is 22.9 Å². The zero-order valence-electron chi connectivity index (χ0n) is 23.7. The van der Waals surface area contributed by atoms with Crippen LogP contribution in [0.3, 0.4) is 0 Å². The molecule has 2 aromatic carbocycles. The maximum absolute atomic E-state index is 12.7. The maximum Gasteiger partial charge on any atom is 0.235 e. The summed E-state index contributed by atoms with van der Waals surface area (Å²) in [5, 5.41) is 7.40. The summed E-state index contributed by atoms with van der Waals surface area (Å²) in [6, 6.07) is 14.3. The normalized spacial score (nSPS) is 13.9. The number of sulfone groups is 1. The van der Waals surface area contributed by atoms with E-state index in [1.54, 1.807) is 38.4 Å². The van der Waals surface area contributed by atoms with Crippen LogP contribution in [0.5, 0.6) is 5.75 Å². The Morgan fingerprint density at radius 1 is 1.02 bits per heavy atom. The van der Waals surface area contributed by atoms with Crippen molar-refractivity contribution in [2.45, 2.75) is 56.1 Å². The molecule has 0 aliphatic carbocycles. The fourth-order valence-electron chi connectivity index (χ4n) is 5.19. The van der Waals surface area contributed by atoms with Crippen molar-refractivity contribution in [3.63, 3.8) is 0 Å². The first kappa shape index (κ1) is 28.1. The number of carbonyl (C=O) groups excluding carboxylic acids is 1. The van der Waals surface area contributed by atoms with Gasteiger partial charge >= 0.3 is 0 Å². The van der Waals surface area contributed by atoms with Gasteiger partial charge in [-0.05, 0) is 74.6 Å². The zero-order valence-corrected chi connectivity index (χ0v) is 24.5. The Kier molecular flexibility index (Phi) is 7.45. The number of hydrogen-bond acceptors (Lipinski definition) is 7. The fourth-order valence-corrected chi connectivity index (χ4v) is 6.26. The number of carbonyl (C=O) groups is 1. The number of nitrogens with zero attached hydrogens (tertiary/aromatic N) is 2. The number of pyridine rings is 2. The van der Waals surface area contributed by atoms with Crippen LogP contribution in [-0.4, -0.2) is 36.7 Å². The summed E-state index contributed by atoms with van der Waals surface area (Å²) in [7, 11) is -1.95. The van der Waals surface area contributed by atoms with Gasteiger partial charge in [0.05, 0.1) is 28.4 Å². The molecule has 8 nitrogen and oxygen atoms in total. The molecule has 1 aliphatic rings. The molecular weight excluding hydrogens is 536 g/mol. The number of fused-ring (bicyclic) bond motifs is 2. The topological polar surface area (TPSA) is 110 Å². The largest absolute Gasteiger partial charge is 0.495 e. The van der Waals surface area contributed by atoms with E-state index >= 15 is 0 Å². The summed E-state index contributed by atoms with van der Waals surface area (Å²) in [5.74, 6) is 7.34. The van der Waals surface area contributed by atoms with Gasteiger partial charge in [0.25, 0.3) is 0 Å². The lowest BCUT2D eigenvalue weighted by Gasteiger charge is -2.23. The van der Waals surface area contributed by atoms with E-state index < -0.39 is 20.5 Å². The van der Waals surface area contributed by atoms with Crippen LogP contribution in [0.2, 0.25) is 0 Å². The fraction of sp³-hybridized carbons (Fsp3) is 0.281. The van der Waals surface area contributed by atoms with Gasteiger partial charge < -0.3 is 15.4 Å². The molecule has 1 amide bonds. The number of rotatable bonds is 7. The van der Waals surface area contributed by atoms with Crippen LogP contribution >= 0.6 is 0 Å². The number of nitrogens with one attached hydrogen (secondary N) is 2. The van der Waals surface area contributed by atoms with Gasteiger partial charge in [-0.3, -0.25) is 4.79 Å². The predicted octanol–water partition coefficient (Wildman–Crippen LogP) is 5.97. The van der Waals surface area contributed by atoms with Crippen LogP contribution < -0.4 is 15.4 Å². The minimum absolute atomic E-state index is 0.0404. The molecule has 5 rings (SSSR count). The van der Waals surface area contributed by atoms with Crippen molar-refractivity contribution in [3.8, 4) is 17.6 Å². The lowest BCUT2D eigenvalue weighted by Crippen LogP contribution is -2.32. The molecule has 9 heteroatoms. The van der Waals surface area contributed by atoms with Crippen molar-refractivity contribution in [1.82, 2.24) is 9.97 Å². The highest BCUT2D eigenvalue weighted by molar-refractivity contribution is 7.92. The first-order valence-corrected chi connectivity index (χ1v) is 15.1. The van der Waals surface area contributed by atoms with Crippen LogP contribution in [0.4, 0.5) is 17.2 Å². The Labute approximate surface area is 240 Å². The molecule has 0 fully saturated rings. The molecule has 41 heavy (non-hydrogen) atoms. The highest BCUT2D eigenvalue weighted by atomic mass is 32.2. The zero-order chi connectivity index (χ0) is 29.4. The third-order valence-electron chi connectivity index (χ3n) is 7.78. The summed E-state index contributed by atoms with van der Waals surface area (Å²) in [6.45, 7) is 7.37. The lowest BCUT2D eigenvalue weighted by molar-refractivity contribution is -0.121. The summed E-state index contributed by atoms with van der Waals surface area (Å²) in [6.07, 6.45) is 4.90. The molecule has 2 N–H and O–H groups in total. The molecule has 1 aliphatic heterocycles. The Bertz CT molecular complexity index is 1830. The average molecular weight is 569 g/mol. The molecule has 210 valence electrons. The van der Waals surface area contributed by atoms with E-state index in [9.17, 15) is 13.2 Å². The third-order valence-corrected chi connectivity index (χ3v) is 9.94. The predicted molar refractivity (Wildman–Crippen MR) is 161 cm³/mol. The lowest BCUT2D eigenvalue weighted by atomic mass is 9.77. The second-order valence-electron chi connectivity index (χ2n) is 10.3. The molecule has 0 saturated carbocycles. The average Bonchev–Trinajstić information content (AvgIpc) is 3.26. The second kappa shape index (κ2) is 10.9. The number of anilines is 3. The molecule has 0 unspecified atom stereocenters.